The minimum absolute atomic E-state index is 0.627. The van der Waals surface area contributed by atoms with E-state index in [2.05, 4.69) is 17.6 Å². The first-order valence-corrected chi connectivity index (χ1v) is 5.67. The molecule has 0 aromatic heterocycles. The van der Waals surface area contributed by atoms with E-state index in [1.807, 2.05) is 7.05 Å². The summed E-state index contributed by atoms with van der Waals surface area (Å²) in [5.74, 6) is 3.25. The van der Waals surface area contributed by atoms with Gasteiger partial charge >= 0.3 is 0 Å². The van der Waals surface area contributed by atoms with Crippen molar-refractivity contribution >= 4 is 0 Å². The molecule has 2 rings (SSSR count). The zero-order valence-corrected chi connectivity index (χ0v) is 8.84. The van der Waals surface area contributed by atoms with Crippen LogP contribution in [-0.2, 0) is 0 Å². The third-order valence-corrected chi connectivity index (χ3v) is 3.61. The number of fused-ring (bicyclic) bond motifs is 1. The summed E-state index contributed by atoms with van der Waals surface area (Å²) in [4.78, 5) is 0. The second-order valence-corrected chi connectivity index (χ2v) is 4.96. The van der Waals surface area contributed by atoms with Crippen LogP contribution >= 0.6 is 0 Å². The predicted molar refractivity (Wildman–Crippen MR) is 55.7 cm³/mol. The van der Waals surface area contributed by atoms with Crippen LogP contribution in [0, 0.1) is 17.8 Å². The van der Waals surface area contributed by atoms with E-state index in [9.17, 15) is 0 Å². The van der Waals surface area contributed by atoms with Gasteiger partial charge in [0.25, 0.3) is 0 Å². The maximum Gasteiger partial charge on any atom is 0.0164 e. The van der Waals surface area contributed by atoms with Crippen molar-refractivity contribution < 1.29 is 0 Å². The summed E-state index contributed by atoms with van der Waals surface area (Å²) < 4.78 is 0. The van der Waals surface area contributed by atoms with E-state index in [1.54, 1.807) is 6.42 Å². The zero-order valence-electron chi connectivity index (χ0n) is 8.84. The minimum Gasteiger partial charge on any atom is -0.318 e. The molecule has 0 radical (unpaired) electrons. The zero-order chi connectivity index (χ0) is 9.26. The van der Waals surface area contributed by atoms with Crippen LogP contribution in [0.3, 0.4) is 0 Å². The lowest BCUT2D eigenvalue weighted by molar-refractivity contribution is 0.411. The standard InChI is InChI=1S/C11H22N2/c1-8(6-12-2)13-7-9-3-10-5-11(10)4-9/h8-13H,3-7H2,1-2H3. The van der Waals surface area contributed by atoms with Crippen molar-refractivity contribution in [3.8, 4) is 0 Å². The Balaban J connectivity index is 1.57. The SMILES string of the molecule is CNCC(C)NCC1CC2CC2C1. The van der Waals surface area contributed by atoms with E-state index in [1.165, 1.54) is 19.4 Å². The molecule has 0 heterocycles. The lowest BCUT2D eigenvalue weighted by atomic mass is 10.0. The molecule has 2 fully saturated rings. The molecule has 2 aliphatic rings. The van der Waals surface area contributed by atoms with Crippen LogP contribution in [0.2, 0.25) is 0 Å². The molecule has 3 unspecified atom stereocenters. The van der Waals surface area contributed by atoms with E-state index in [-0.39, 0.29) is 0 Å². The molecular formula is C11H22N2. The first-order chi connectivity index (χ1) is 6.29. The molecular weight excluding hydrogens is 160 g/mol. The molecule has 0 aromatic carbocycles. The summed E-state index contributed by atoms with van der Waals surface area (Å²) in [7, 11) is 2.02. The highest BCUT2D eigenvalue weighted by atomic mass is 15.0. The highest BCUT2D eigenvalue weighted by Gasteiger charge is 2.45. The topological polar surface area (TPSA) is 24.1 Å². The second-order valence-electron chi connectivity index (χ2n) is 4.96. The van der Waals surface area contributed by atoms with Crippen molar-refractivity contribution in [2.24, 2.45) is 17.8 Å². The lowest BCUT2D eigenvalue weighted by Gasteiger charge is -2.17. The average molecular weight is 182 g/mol. The van der Waals surface area contributed by atoms with Gasteiger partial charge in [-0.2, -0.15) is 0 Å². The van der Waals surface area contributed by atoms with E-state index >= 15 is 0 Å². The Labute approximate surface area is 81.5 Å². The molecule has 0 saturated heterocycles. The van der Waals surface area contributed by atoms with Gasteiger partial charge in [-0.25, -0.2) is 0 Å². The lowest BCUT2D eigenvalue weighted by Crippen LogP contribution is -2.37. The number of hydrogen-bond donors (Lipinski definition) is 2. The molecule has 2 heteroatoms. The van der Waals surface area contributed by atoms with Crippen LogP contribution in [-0.4, -0.2) is 26.2 Å². The normalized spacial score (nSPS) is 38.8. The predicted octanol–water partition coefficient (Wildman–Crippen LogP) is 1.23. The van der Waals surface area contributed by atoms with Gasteiger partial charge in [-0.3, -0.25) is 0 Å². The average Bonchev–Trinajstić information content (AvgIpc) is 2.72. The van der Waals surface area contributed by atoms with Crippen molar-refractivity contribution in [1.82, 2.24) is 10.6 Å². The van der Waals surface area contributed by atoms with Crippen molar-refractivity contribution in [2.75, 3.05) is 20.1 Å². The van der Waals surface area contributed by atoms with Gasteiger partial charge in [0.15, 0.2) is 0 Å². The quantitative estimate of drug-likeness (QED) is 0.668. The fourth-order valence-corrected chi connectivity index (χ4v) is 2.75. The molecule has 2 aliphatic carbocycles. The summed E-state index contributed by atoms with van der Waals surface area (Å²) in [6.07, 6.45) is 4.55. The van der Waals surface area contributed by atoms with Crippen LogP contribution in [0.4, 0.5) is 0 Å². The molecule has 2 nitrogen and oxygen atoms in total. The number of rotatable bonds is 5. The maximum atomic E-state index is 3.60. The van der Waals surface area contributed by atoms with Gasteiger partial charge < -0.3 is 10.6 Å². The first-order valence-electron chi connectivity index (χ1n) is 5.67. The summed E-state index contributed by atoms with van der Waals surface area (Å²) in [5.41, 5.74) is 0. The maximum absolute atomic E-state index is 3.60. The number of likely N-dealkylation sites (N-methyl/N-ethyl adjacent to an activating group) is 1. The Hall–Kier alpha value is -0.0800. The molecule has 2 N–H and O–H groups in total. The smallest absolute Gasteiger partial charge is 0.0164 e. The molecule has 2 saturated carbocycles. The van der Waals surface area contributed by atoms with Crippen molar-refractivity contribution in [3.63, 3.8) is 0 Å². The van der Waals surface area contributed by atoms with Gasteiger partial charge in [-0.1, -0.05) is 0 Å². The fraction of sp³-hybridized carbons (Fsp3) is 1.00. The molecule has 76 valence electrons. The van der Waals surface area contributed by atoms with Gasteiger partial charge in [0, 0.05) is 12.6 Å². The molecule has 13 heavy (non-hydrogen) atoms. The highest BCUT2D eigenvalue weighted by molar-refractivity contribution is 4.96. The Kier molecular flexibility index (Phi) is 2.89. The van der Waals surface area contributed by atoms with Crippen molar-refractivity contribution in [3.05, 3.63) is 0 Å². The molecule has 0 spiro atoms. The van der Waals surface area contributed by atoms with Gasteiger partial charge in [0.05, 0.1) is 0 Å². The van der Waals surface area contributed by atoms with Crippen LogP contribution in [0.25, 0.3) is 0 Å². The largest absolute Gasteiger partial charge is 0.318 e. The Morgan fingerprint density at radius 2 is 1.92 bits per heavy atom. The molecule has 0 amide bonds. The van der Waals surface area contributed by atoms with E-state index in [0.717, 1.165) is 24.3 Å². The molecule has 3 atom stereocenters. The van der Waals surface area contributed by atoms with Crippen LogP contribution in [0.5, 0.6) is 0 Å². The van der Waals surface area contributed by atoms with Crippen LogP contribution in [0.15, 0.2) is 0 Å². The third-order valence-electron chi connectivity index (χ3n) is 3.61. The Morgan fingerprint density at radius 3 is 2.54 bits per heavy atom. The highest BCUT2D eigenvalue weighted by Crippen LogP contribution is 2.54. The second kappa shape index (κ2) is 3.97. The number of hydrogen-bond acceptors (Lipinski definition) is 2. The summed E-state index contributed by atoms with van der Waals surface area (Å²) in [6, 6.07) is 0.627. The molecule has 0 aliphatic heterocycles. The van der Waals surface area contributed by atoms with E-state index in [4.69, 9.17) is 0 Å². The van der Waals surface area contributed by atoms with Crippen molar-refractivity contribution in [1.29, 1.82) is 0 Å². The van der Waals surface area contributed by atoms with E-state index < -0.39 is 0 Å². The Morgan fingerprint density at radius 1 is 1.23 bits per heavy atom. The number of nitrogens with one attached hydrogen (secondary N) is 2. The molecule has 0 bridgehead atoms. The van der Waals surface area contributed by atoms with Crippen LogP contribution < -0.4 is 10.6 Å². The van der Waals surface area contributed by atoms with Gasteiger partial charge in [-0.15, -0.1) is 0 Å². The van der Waals surface area contributed by atoms with Crippen molar-refractivity contribution in [2.45, 2.75) is 32.2 Å². The fourth-order valence-electron chi connectivity index (χ4n) is 2.75. The summed E-state index contributed by atoms with van der Waals surface area (Å²) in [5, 5.41) is 6.80. The van der Waals surface area contributed by atoms with Gasteiger partial charge in [-0.05, 0) is 57.5 Å². The summed E-state index contributed by atoms with van der Waals surface area (Å²) in [6.45, 7) is 4.58. The van der Waals surface area contributed by atoms with E-state index in [0.29, 0.717) is 6.04 Å². The Bertz CT molecular complexity index is 159. The molecule has 0 aromatic rings. The van der Waals surface area contributed by atoms with Crippen LogP contribution in [0.1, 0.15) is 26.2 Å². The first kappa shape index (κ1) is 9.47. The van der Waals surface area contributed by atoms with Gasteiger partial charge in [0.2, 0.25) is 0 Å². The third kappa shape index (κ3) is 2.44. The summed E-state index contributed by atoms with van der Waals surface area (Å²) >= 11 is 0. The monoisotopic (exact) mass is 182 g/mol. The minimum atomic E-state index is 0.627. The van der Waals surface area contributed by atoms with Gasteiger partial charge in [0.1, 0.15) is 0 Å².